The topological polar surface area (TPSA) is 87.5 Å². The van der Waals surface area contributed by atoms with Crippen LogP contribution < -0.4 is 4.74 Å². The number of para-hydroxylation sites is 2. The Morgan fingerprint density at radius 1 is 0.588 bits per heavy atom. The van der Waals surface area contributed by atoms with E-state index in [1.165, 1.54) is 5.56 Å². The zero-order chi connectivity index (χ0) is 34.7. The lowest BCUT2D eigenvalue weighted by Gasteiger charge is -2.34. The van der Waals surface area contributed by atoms with Crippen molar-refractivity contribution in [2.75, 3.05) is 0 Å². The molecule has 9 rings (SSSR count). The summed E-state index contributed by atoms with van der Waals surface area (Å²) in [6.07, 6.45) is 0. The van der Waals surface area contributed by atoms with E-state index in [4.69, 9.17) is 14.7 Å². The van der Waals surface area contributed by atoms with Crippen LogP contribution in [0, 0.1) is 22.7 Å². The van der Waals surface area contributed by atoms with E-state index in [9.17, 15) is 10.5 Å². The number of rotatable bonds is 4. The number of aromatic nitrogens is 3. The van der Waals surface area contributed by atoms with Gasteiger partial charge in [-0.15, -0.1) is 0 Å². The standard InChI is InChI=1S/C45H29N5O/c1-45(2)35-11-4-6-13-41(35)51-43-36(45)22-23-40-42(43)34-10-3-5-12-39(34)50(40)33-9-7-8-32(24-33)38-25-37(30-18-14-28(26-46)15-19-30)48-44(49-38)31-20-16-29(27-47)17-21-31/h3-25H,1-2H3. The molecule has 2 aromatic heterocycles. The van der Waals surface area contributed by atoms with Gasteiger partial charge in [0.05, 0.1) is 51.1 Å². The van der Waals surface area contributed by atoms with Crippen LogP contribution in [-0.4, -0.2) is 14.5 Å². The lowest BCUT2D eigenvalue weighted by atomic mass is 9.75. The Labute approximate surface area is 295 Å². The summed E-state index contributed by atoms with van der Waals surface area (Å²) in [4.78, 5) is 9.99. The van der Waals surface area contributed by atoms with Crippen molar-refractivity contribution < 1.29 is 4.74 Å². The molecule has 0 saturated heterocycles. The third-order valence-electron chi connectivity index (χ3n) is 9.94. The zero-order valence-corrected chi connectivity index (χ0v) is 27.9. The van der Waals surface area contributed by atoms with Crippen molar-refractivity contribution in [3.63, 3.8) is 0 Å². The Morgan fingerprint density at radius 2 is 1.25 bits per heavy atom. The average molecular weight is 656 g/mol. The minimum absolute atomic E-state index is 0.228. The largest absolute Gasteiger partial charge is 0.456 e. The van der Waals surface area contributed by atoms with Crippen molar-refractivity contribution in [1.82, 2.24) is 14.5 Å². The number of nitrogens with zero attached hydrogens (tertiary/aromatic N) is 5. The van der Waals surface area contributed by atoms with E-state index in [1.54, 1.807) is 24.3 Å². The molecule has 240 valence electrons. The molecule has 6 aromatic carbocycles. The molecule has 0 N–H and O–H groups in total. The van der Waals surface area contributed by atoms with E-state index in [-0.39, 0.29) is 5.41 Å². The predicted molar refractivity (Wildman–Crippen MR) is 201 cm³/mol. The monoisotopic (exact) mass is 655 g/mol. The van der Waals surface area contributed by atoms with E-state index < -0.39 is 0 Å². The third-order valence-corrected chi connectivity index (χ3v) is 9.94. The van der Waals surface area contributed by atoms with E-state index in [0.29, 0.717) is 17.0 Å². The molecule has 6 nitrogen and oxygen atoms in total. The summed E-state index contributed by atoms with van der Waals surface area (Å²) in [5, 5.41) is 21.0. The summed E-state index contributed by atoms with van der Waals surface area (Å²) in [5.74, 6) is 2.34. The summed E-state index contributed by atoms with van der Waals surface area (Å²) < 4.78 is 9.05. The average Bonchev–Trinajstić information content (AvgIpc) is 3.53. The number of hydrogen-bond donors (Lipinski definition) is 0. The van der Waals surface area contributed by atoms with Crippen LogP contribution in [0.25, 0.3) is 61.4 Å². The molecular weight excluding hydrogens is 627 g/mol. The highest BCUT2D eigenvalue weighted by Crippen LogP contribution is 2.52. The van der Waals surface area contributed by atoms with Gasteiger partial charge in [-0.05, 0) is 72.8 Å². The second-order valence-electron chi connectivity index (χ2n) is 13.3. The number of ether oxygens (including phenoxy) is 1. The van der Waals surface area contributed by atoms with Crippen molar-refractivity contribution in [3.8, 4) is 63.2 Å². The fourth-order valence-corrected chi connectivity index (χ4v) is 7.32. The van der Waals surface area contributed by atoms with Crippen LogP contribution >= 0.6 is 0 Å². The predicted octanol–water partition coefficient (Wildman–Crippen LogP) is 10.7. The van der Waals surface area contributed by atoms with Crippen LogP contribution in [0.2, 0.25) is 0 Å². The van der Waals surface area contributed by atoms with Gasteiger partial charge in [0.2, 0.25) is 0 Å². The second-order valence-corrected chi connectivity index (χ2v) is 13.3. The Morgan fingerprint density at radius 3 is 2.00 bits per heavy atom. The minimum Gasteiger partial charge on any atom is -0.456 e. The van der Waals surface area contributed by atoms with Gasteiger partial charge in [0, 0.05) is 44.3 Å². The van der Waals surface area contributed by atoms with Gasteiger partial charge in [-0.1, -0.05) is 80.6 Å². The van der Waals surface area contributed by atoms with Gasteiger partial charge in [0.25, 0.3) is 0 Å². The number of hydrogen-bond acceptors (Lipinski definition) is 5. The molecule has 0 aliphatic carbocycles. The molecule has 0 saturated carbocycles. The molecule has 0 spiro atoms. The molecule has 0 radical (unpaired) electrons. The quantitative estimate of drug-likeness (QED) is 0.188. The first-order valence-electron chi connectivity index (χ1n) is 16.8. The smallest absolute Gasteiger partial charge is 0.160 e. The van der Waals surface area contributed by atoms with Crippen LogP contribution in [0.4, 0.5) is 0 Å². The Bertz CT molecular complexity index is 2690. The molecule has 1 aliphatic rings. The normalized spacial score (nSPS) is 12.8. The van der Waals surface area contributed by atoms with Gasteiger partial charge in [0.15, 0.2) is 5.82 Å². The van der Waals surface area contributed by atoms with Gasteiger partial charge in [-0.3, -0.25) is 0 Å². The highest BCUT2D eigenvalue weighted by molar-refractivity contribution is 6.13. The van der Waals surface area contributed by atoms with E-state index in [0.717, 1.165) is 72.6 Å². The number of fused-ring (bicyclic) bond motifs is 6. The Balaban J connectivity index is 1.23. The maximum Gasteiger partial charge on any atom is 0.160 e. The maximum atomic E-state index is 9.38. The van der Waals surface area contributed by atoms with Crippen LogP contribution in [0.1, 0.15) is 36.1 Å². The fraction of sp³-hybridized carbons (Fsp3) is 0.0667. The van der Waals surface area contributed by atoms with Crippen molar-refractivity contribution in [2.24, 2.45) is 0 Å². The number of benzene rings is 6. The highest BCUT2D eigenvalue weighted by Gasteiger charge is 2.36. The molecule has 0 fully saturated rings. The van der Waals surface area contributed by atoms with Crippen molar-refractivity contribution in [2.45, 2.75) is 19.3 Å². The maximum absolute atomic E-state index is 9.38. The summed E-state index contributed by atoms with van der Waals surface area (Å²) in [7, 11) is 0. The fourth-order valence-electron chi connectivity index (χ4n) is 7.32. The molecule has 3 heterocycles. The highest BCUT2D eigenvalue weighted by atomic mass is 16.5. The Kier molecular flexibility index (Phi) is 6.81. The van der Waals surface area contributed by atoms with E-state index >= 15 is 0 Å². The molecule has 0 unspecified atom stereocenters. The second kappa shape index (κ2) is 11.6. The van der Waals surface area contributed by atoms with Crippen LogP contribution in [-0.2, 0) is 5.41 Å². The van der Waals surface area contributed by atoms with Crippen molar-refractivity contribution in [1.29, 1.82) is 10.5 Å². The molecular formula is C45H29N5O. The third kappa shape index (κ3) is 4.85. The molecule has 8 aromatic rings. The van der Waals surface area contributed by atoms with Crippen molar-refractivity contribution >= 4 is 21.8 Å². The van der Waals surface area contributed by atoms with E-state index in [2.05, 4.69) is 109 Å². The van der Waals surface area contributed by atoms with Gasteiger partial charge in [-0.25, -0.2) is 9.97 Å². The SMILES string of the molecule is CC1(C)c2ccccc2Oc2c1ccc1c2c2ccccc2n1-c1cccc(-c2cc(-c3ccc(C#N)cc3)nc(-c3ccc(C#N)cc3)n2)c1. The Hall–Kier alpha value is -7.02. The van der Waals surface area contributed by atoms with Crippen molar-refractivity contribution in [3.05, 3.63) is 162 Å². The minimum atomic E-state index is -0.228. The van der Waals surface area contributed by atoms with Crippen LogP contribution in [0.5, 0.6) is 11.5 Å². The first-order valence-corrected chi connectivity index (χ1v) is 16.8. The molecule has 0 bridgehead atoms. The van der Waals surface area contributed by atoms with Gasteiger partial charge < -0.3 is 9.30 Å². The summed E-state index contributed by atoms with van der Waals surface area (Å²) >= 11 is 0. The first kappa shape index (κ1) is 30.1. The molecule has 0 atom stereocenters. The molecule has 51 heavy (non-hydrogen) atoms. The molecule has 1 aliphatic heterocycles. The number of nitriles is 2. The lowest BCUT2D eigenvalue weighted by Crippen LogP contribution is -2.24. The summed E-state index contributed by atoms with van der Waals surface area (Å²) in [6.45, 7) is 4.53. The van der Waals surface area contributed by atoms with Crippen LogP contribution in [0.3, 0.4) is 0 Å². The van der Waals surface area contributed by atoms with E-state index in [1.807, 2.05) is 36.4 Å². The summed E-state index contributed by atoms with van der Waals surface area (Å²) in [5.41, 5.74) is 10.5. The molecule has 0 amide bonds. The lowest BCUT2D eigenvalue weighted by molar-refractivity contribution is 0.423. The molecule has 6 heteroatoms. The van der Waals surface area contributed by atoms with Gasteiger partial charge >= 0.3 is 0 Å². The summed E-state index contributed by atoms with van der Waals surface area (Å²) in [6, 6.07) is 50.7. The van der Waals surface area contributed by atoms with Gasteiger partial charge in [0.1, 0.15) is 11.5 Å². The first-order chi connectivity index (χ1) is 24.9. The van der Waals surface area contributed by atoms with Crippen LogP contribution in [0.15, 0.2) is 140 Å². The zero-order valence-electron chi connectivity index (χ0n) is 27.9. The van der Waals surface area contributed by atoms with Gasteiger partial charge in [-0.2, -0.15) is 10.5 Å².